The molecule has 0 aromatic heterocycles. The first-order chi connectivity index (χ1) is 16.4. The Bertz CT molecular complexity index is 1190. The number of amides is 1. The van der Waals surface area contributed by atoms with Gasteiger partial charge in [-0.2, -0.15) is 0 Å². The second-order valence-corrected chi connectivity index (χ2v) is 7.88. The van der Waals surface area contributed by atoms with Crippen molar-refractivity contribution in [2.75, 3.05) is 13.1 Å². The molecule has 2 fully saturated rings. The highest BCUT2D eigenvalue weighted by atomic mass is 19.1. The molecule has 0 spiro atoms. The summed E-state index contributed by atoms with van der Waals surface area (Å²) in [6, 6.07) is 3.53. The van der Waals surface area contributed by atoms with Crippen molar-refractivity contribution in [2.45, 2.75) is 46.2 Å². The van der Waals surface area contributed by atoms with Crippen molar-refractivity contribution >= 4 is 5.91 Å². The summed E-state index contributed by atoms with van der Waals surface area (Å²) in [4.78, 5) is 17.8. The zero-order chi connectivity index (χ0) is 25.0. The molecule has 0 saturated carbocycles. The van der Waals surface area contributed by atoms with Gasteiger partial charge in [0.15, 0.2) is 0 Å². The maximum absolute atomic E-state index is 14.0. The molecular formula is C28H33F2N3O. The number of hydrogen-bond donors (Lipinski definition) is 1. The summed E-state index contributed by atoms with van der Waals surface area (Å²) in [5, 5.41) is 2.78. The van der Waals surface area contributed by atoms with Crippen molar-refractivity contribution in [3.05, 3.63) is 106 Å². The van der Waals surface area contributed by atoms with Crippen LogP contribution in [0.15, 0.2) is 89.3 Å². The largest absolute Gasteiger partial charge is 0.362 e. The van der Waals surface area contributed by atoms with E-state index in [4.69, 9.17) is 0 Å². The fraction of sp³-hybridized carbons (Fsp3) is 0.321. The molecule has 0 radical (unpaired) electrons. The molecule has 34 heavy (non-hydrogen) atoms. The molecule has 4 rings (SSSR count). The number of piperazine rings is 1. The van der Waals surface area contributed by atoms with Gasteiger partial charge in [-0.05, 0) is 25.8 Å². The van der Waals surface area contributed by atoms with Gasteiger partial charge in [0, 0.05) is 49.5 Å². The molecule has 3 heterocycles. The molecular weight excluding hydrogens is 432 g/mol. The lowest BCUT2D eigenvalue weighted by Crippen LogP contribution is -2.48. The topological polar surface area (TPSA) is 35.6 Å². The first kappa shape index (κ1) is 25.0. The van der Waals surface area contributed by atoms with E-state index in [1.807, 2.05) is 13.8 Å². The van der Waals surface area contributed by atoms with E-state index in [2.05, 4.69) is 53.2 Å². The van der Waals surface area contributed by atoms with Crippen LogP contribution in [0.3, 0.4) is 0 Å². The number of allylic oxidation sites excluding steroid dienone is 3. The summed E-state index contributed by atoms with van der Waals surface area (Å²) in [7, 11) is 0. The van der Waals surface area contributed by atoms with Crippen molar-refractivity contribution in [1.29, 1.82) is 0 Å². The molecule has 3 aliphatic heterocycles. The van der Waals surface area contributed by atoms with Crippen LogP contribution in [0.2, 0.25) is 0 Å². The predicted molar refractivity (Wildman–Crippen MR) is 133 cm³/mol. The number of likely N-dealkylation sites (N-methyl/N-ethyl adjacent to an activating group) is 1. The molecule has 4 nitrogen and oxygen atoms in total. The van der Waals surface area contributed by atoms with Crippen LogP contribution in [0, 0.1) is 11.6 Å². The lowest BCUT2D eigenvalue weighted by Gasteiger charge is -2.45. The molecule has 0 bridgehead atoms. The minimum Gasteiger partial charge on any atom is -0.362 e. The van der Waals surface area contributed by atoms with Gasteiger partial charge in [0.1, 0.15) is 17.3 Å². The summed E-state index contributed by atoms with van der Waals surface area (Å²) < 4.78 is 27.2. The number of nitrogens with one attached hydrogen (secondary N) is 1. The third kappa shape index (κ3) is 4.19. The third-order valence-electron chi connectivity index (χ3n) is 6.26. The van der Waals surface area contributed by atoms with E-state index in [0.717, 1.165) is 54.7 Å². The first-order valence-electron chi connectivity index (χ1n) is 11.6. The van der Waals surface area contributed by atoms with Crippen molar-refractivity contribution < 1.29 is 15.0 Å². The number of carbonyl (C=O) groups excluding carboxylic acids is 1. The van der Waals surface area contributed by atoms with E-state index in [1.165, 1.54) is 12.1 Å². The van der Waals surface area contributed by atoms with Crippen molar-refractivity contribution in [1.82, 2.24) is 15.1 Å². The minimum absolute atomic E-state index is 0. The molecule has 3 aliphatic rings. The third-order valence-corrected chi connectivity index (χ3v) is 6.26. The molecule has 0 unspecified atom stereocenters. The number of nitrogens with zero attached hydrogens (tertiary/aromatic N) is 2. The maximum atomic E-state index is 14.0. The van der Waals surface area contributed by atoms with Gasteiger partial charge in [0.2, 0.25) is 0 Å². The summed E-state index contributed by atoms with van der Waals surface area (Å²) in [6.45, 7) is 19.4. The zero-order valence-corrected chi connectivity index (χ0v) is 20.1. The van der Waals surface area contributed by atoms with Crippen LogP contribution >= 0.6 is 0 Å². The second-order valence-electron chi connectivity index (χ2n) is 7.88. The van der Waals surface area contributed by atoms with Crippen molar-refractivity contribution in [2.24, 2.45) is 0 Å². The maximum Gasteiger partial charge on any atom is 0.254 e. The molecule has 1 aromatic rings. The Morgan fingerprint density at radius 3 is 2.62 bits per heavy atom. The molecule has 6 heteroatoms. The highest BCUT2D eigenvalue weighted by molar-refractivity contribution is 6.01. The molecule has 1 aromatic carbocycles. The second kappa shape index (κ2) is 10.6. The van der Waals surface area contributed by atoms with Crippen LogP contribution in [-0.4, -0.2) is 34.8 Å². The lowest BCUT2D eigenvalue weighted by atomic mass is 9.88. The number of hydrogen-bond acceptors (Lipinski definition) is 3. The van der Waals surface area contributed by atoms with Crippen LogP contribution in [0.4, 0.5) is 8.78 Å². The van der Waals surface area contributed by atoms with Gasteiger partial charge in [-0.15, -0.1) is 11.5 Å². The Hall–Kier alpha value is -3.59. The van der Waals surface area contributed by atoms with Gasteiger partial charge in [-0.1, -0.05) is 45.7 Å². The fourth-order valence-corrected chi connectivity index (χ4v) is 4.81. The standard InChI is InChI=1S/C26H25F2N3O.C2H6.H2/c1-5-19-20(6-2)25-22(7-3)30(8-4)15-18-11-12-23(31(18)25)24(19)26(32)29-14-16-9-10-17(27)13-21(16)28;1-2;/h6,9-10,13,18H,1-3,8,11-12,14-15H2,4H3,(H,29,32);1-2H3;1H/t18-;;/m0../s1. The average molecular weight is 466 g/mol. The van der Waals surface area contributed by atoms with Crippen LogP contribution in [0.5, 0.6) is 0 Å². The molecule has 1 N–H and O–H groups in total. The van der Waals surface area contributed by atoms with Crippen molar-refractivity contribution in [3.8, 4) is 0 Å². The van der Waals surface area contributed by atoms with Gasteiger partial charge in [-0.3, -0.25) is 4.79 Å². The molecule has 0 aliphatic carbocycles. The smallest absolute Gasteiger partial charge is 0.254 e. The Kier molecular flexibility index (Phi) is 7.78. The summed E-state index contributed by atoms with van der Waals surface area (Å²) >= 11 is 0. The number of benzene rings is 1. The molecule has 1 atom stereocenters. The molecule has 180 valence electrons. The van der Waals surface area contributed by atoms with E-state index in [-0.39, 0.29) is 25.5 Å². The number of rotatable bonds is 5. The Morgan fingerprint density at radius 2 is 2.03 bits per heavy atom. The van der Waals surface area contributed by atoms with E-state index < -0.39 is 11.6 Å². The highest BCUT2D eigenvalue weighted by Gasteiger charge is 2.45. The SMILES string of the molecule is C=C=C1C(C=C)=C2C(=C=C)N(CC)C[C@@H]3CCC(=C1C(=O)NCc1ccc(F)cc1F)N23.CC.[HH]. The monoisotopic (exact) mass is 465 g/mol. The highest BCUT2D eigenvalue weighted by Crippen LogP contribution is 2.48. The summed E-state index contributed by atoms with van der Waals surface area (Å²) in [5.74, 6) is -1.71. The fourth-order valence-electron chi connectivity index (χ4n) is 4.81. The quantitative estimate of drug-likeness (QED) is 0.563. The van der Waals surface area contributed by atoms with E-state index in [9.17, 15) is 13.6 Å². The van der Waals surface area contributed by atoms with Crippen LogP contribution < -0.4 is 5.32 Å². The van der Waals surface area contributed by atoms with Crippen LogP contribution in [0.1, 0.15) is 40.6 Å². The Labute approximate surface area is 202 Å². The van der Waals surface area contributed by atoms with Gasteiger partial charge in [0.25, 0.3) is 5.91 Å². The zero-order valence-electron chi connectivity index (χ0n) is 20.1. The molecule has 1 amide bonds. The number of carbonyl (C=O) groups is 1. The average Bonchev–Trinajstić information content (AvgIpc) is 3.27. The Morgan fingerprint density at radius 1 is 1.29 bits per heavy atom. The number of halogens is 2. The van der Waals surface area contributed by atoms with E-state index >= 15 is 0 Å². The summed E-state index contributed by atoms with van der Waals surface area (Å²) in [6.07, 6.45) is 3.33. The van der Waals surface area contributed by atoms with Gasteiger partial charge in [-0.25, -0.2) is 8.78 Å². The predicted octanol–water partition coefficient (Wildman–Crippen LogP) is 5.74. The normalized spacial score (nSPS) is 18.7. The van der Waals surface area contributed by atoms with Crippen LogP contribution in [-0.2, 0) is 11.3 Å². The first-order valence-corrected chi connectivity index (χ1v) is 11.6. The summed E-state index contributed by atoms with van der Waals surface area (Å²) in [5.41, 5.74) is 10.7. The van der Waals surface area contributed by atoms with Gasteiger partial charge >= 0.3 is 0 Å². The van der Waals surface area contributed by atoms with Crippen molar-refractivity contribution in [3.63, 3.8) is 0 Å². The van der Waals surface area contributed by atoms with Crippen LogP contribution in [0.25, 0.3) is 0 Å². The Balaban J connectivity index is 0.00000140. The van der Waals surface area contributed by atoms with E-state index in [1.54, 1.807) is 6.08 Å². The van der Waals surface area contributed by atoms with E-state index in [0.29, 0.717) is 11.1 Å². The molecule has 2 saturated heterocycles. The van der Waals surface area contributed by atoms with Gasteiger partial charge < -0.3 is 15.1 Å². The minimum atomic E-state index is -0.697. The van der Waals surface area contributed by atoms with Gasteiger partial charge in [0.05, 0.1) is 17.3 Å². The lowest BCUT2D eigenvalue weighted by molar-refractivity contribution is -0.117.